The predicted molar refractivity (Wildman–Crippen MR) is 76.4 cm³/mol. The third-order valence-corrected chi connectivity index (χ3v) is 5.87. The minimum absolute atomic E-state index is 0.693. The Morgan fingerprint density at radius 2 is 1.56 bits per heavy atom. The zero-order valence-corrected chi connectivity index (χ0v) is 11.8. The normalized spacial score (nSPS) is 35.8. The number of hydrogen-bond acceptors (Lipinski definition) is 2. The molecule has 0 radical (unpaired) electrons. The average Bonchev–Trinajstić information content (AvgIpc) is 2.98. The van der Waals surface area contributed by atoms with Crippen LogP contribution in [0.1, 0.15) is 57.8 Å². The minimum atomic E-state index is 0.693. The van der Waals surface area contributed by atoms with Gasteiger partial charge in [-0.1, -0.05) is 38.5 Å². The fourth-order valence-corrected chi connectivity index (χ4v) is 4.77. The maximum atomic E-state index is 6.08. The monoisotopic (exact) mass is 250 g/mol. The first-order chi connectivity index (χ1) is 8.86. The van der Waals surface area contributed by atoms with Gasteiger partial charge in [-0.3, -0.25) is 4.90 Å². The van der Waals surface area contributed by atoms with E-state index in [0.717, 1.165) is 24.3 Å². The summed E-state index contributed by atoms with van der Waals surface area (Å²) in [6, 6.07) is 0.693. The highest BCUT2D eigenvalue weighted by molar-refractivity contribution is 4.92. The molecule has 3 rings (SSSR count). The Balaban J connectivity index is 1.52. The zero-order chi connectivity index (χ0) is 12.4. The third-order valence-electron chi connectivity index (χ3n) is 5.87. The van der Waals surface area contributed by atoms with Crippen LogP contribution in [0.4, 0.5) is 0 Å². The summed E-state index contributed by atoms with van der Waals surface area (Å²) in [5.41, 5.74) is 6.08. The molecule has 0 spiro atoms. The van der Waals surface area contributed by atoms with Crippen LogP contribution in [0.25, 0.3) is 0 Å². The van der Waals surface area contributed by atoms with E-state index in [-0.39, 0.29) is 0 Å². The first kappa shape index (κ1) is 12.9. The van der Waals surface area contributed by atoms with Crippen LogP contribution < -0.4 is 5.73 Å². The van der Waals surface area contributed by atoms with Crippen LogP contribution in [-0.2, 0) is 0 Å². The standard InChI is InChI=1S/C16H30N2/c17-10-16(9-13-5-2-1-3-6-13)18-11-14-7-4-8-15(14)12-18/h13-16H,1-12,17H2. The molecule has 0 aromatic heterocycles. The molecule has 3 fully saturated rings. The van der Waals surface area contributed by atoms with Gasteiger partial charge < -0.3 is 5.73 Å². The quantitative estimate of drug-likeness (QED) is 0.831. The van der Waals surface area contributed by atoms with Gasteiger partial charge in [0.05, 0.1) is 0 Å². The SMILES string of the molecule is NCC(CC1CCCCC1)N1CC2CCCC2C1. The van der Waals surface area contributed by atoms with Gasteiger partial charge in [-0.25, -0.2) is 0 Å². The van der Waals surface area contributed by atoms with Gasteiger partial charge in [0, 0.05) is 25.7 Å². The van der Waals surface area contributed by atoms with Gasteiger partial charge in [0.1, 0.15) is 0 Å². The molecular weight excluding hydrogens is 220 g/mol. The fraction of sp³-hybridized carbons (Fsp3) is 1.00. The Morgan fingerprint density at radius 3 is 2.17 bits per heavy atom. The third kappa shape index (κ3) is 2.75. The van der Waals surface area contributed by atoms with E-state index in [1.54, 1.807) is 0 Å². The maximum absolute atomic E-state index is 6.08. The largest absolute Gasteiger partial charge is 0.329 e. The molecule has 18 heavy (non-hydrogen) atoms. The molecule has 1 aliphatic heterocycles. The van der Waals surface area contributed by atoms with Crippen molar-refractivity contribution in [2.24, 2.45) is 23.5 Å². The molecule has 1 heterocycles. The molecule has 3 aliphatic rings. The highest BCUT2D eigenvalue weighted by atomic mass is 15.2. The first-order valence-corrected chi connectivity index (χ1v) is 8.31. The van der Waals surface area contributed by atoms with Gasteiger partial charge >= 0.3 is 0 Å². The molecular formula is C16H30N2. The van der Waals surface area contributed by atoms with Crippen molar-refractivity contribution in [3.05, 3.63) is 0 Å². The van der Waals surface area contributed by atoms with Gasteiger partial charge in [-0.2, -0.15) is 0 Å². The lowest BCUT2D eigenvalue weighted by atomic mass is 9.84. The van der Waals surface area contributed by atoms with Crippen LogP contribution in [0.2, 0.25) is 0 Å². The van der Waals surface area contributed by atoms with E-state index in [2.05, 4.69) is 4.90 Å². The molecule has 2 N–H and O–H groups in total. The molecule has 2 nitrogen and oxygen atoms in total. The highest BCUT2D eigenvalue weighted by Crippen LogP contribution is 2.39. The number of hydrogen-bond donors (Lipinski definition) is 1. The molecule has 2 heteroatoms. The smallest absolute Gasteiger partial charge is 0.0221 e. The summed E-state index contributed by atoms with van der Waals surface area (Å²) in [5.74, 6) is 3.02. The van der Waals surface area contributed by atoms with Crippen molar-refractivity contribution >= 4 is 0 Å². The lowest BCUT2D eigenvalue weighted by Crippen LogP contribution is -2.41. The minimum Gasteiger partial charge on any atom is -0.329 e. The summed E-state index contributed by atoms with van der Waals surface area (Å²) >= 11 is 0. The molecule has 1 saturated heterocycles. The Labute approximate surface area is 112 Å². The highest BCUT2D eigenvalue weighted by Gasteiger charge is 2.38. The second kappa shape index (κ2) is 5.92. The fourth-order valence-electron chi connectivity index (χ4n) is 4.77. The van der Waals surface area contributed by atoms with Gasteiger partial charge in [0.2, 0.25) is 0 Å². The Kier molecular flexibility index (Phi) is 4.25. The van der Waals surface area contributed by atoms with Crippen molar-refractivity contribution in [3.8, 4) is 0 Å². The summed E-state index contributed by atoms with van der Waals surface area (Å²) in [4.78, 5) is 2.75. The maximum Gasteiger partial charge on any atom is 0.0221 e. The Hall–Kier alpha value is -0.0800. The molecule has 2 saturated carbocycles. The molecule has 0 bridgehead atoms. The topological polar surface area (TPSA) is 29.3 Å². The van der Waals surface area contributed by atoms with Crippen molar-refractivity contribution in [3.63, 3.8) is 0 Å². The Morgan fingerprint density at radius 1 is 0.889 bits per heavy atom. The Bertz CT molecular complexity index is 248. The van der Waals surface area contributed by atoms with Crippen LogP contribution in [0.5, 0.6) is 0 Å². The lowest BCUT2D eigenvalue weighted by molar-refractivity contribution is 0.179. The second-order valence-electron chi connectivity index (χ2n) is 7.03. The second-order valence-corrected chi connectivity index (χ2v) is 7.03. The first-order valence-electron chi connectivity index (χ1n) is 8.31. The molecule has 0 aromatic rings. The van der Waals surface area contributed by atoms with Crippen LogP contribution in [0, 0.1) is 17.8 Å². The summed E-state index contributed by atoms with van der Waals surface area (Å²) in [6.45, 7) is 3.61. The van der Waals surface area contributed by atoms with Gasteiger partial charge in [-0.05, 0) is 37.0 Å². The molecule has 3 unspecified atom stereocenters. The van der Waals surface area contributed by atoms with E-state index in [4.69, 9.17) is 5.73 Å². The van der Waals surface area contributed by atoms with E-state index in [1.807, 2.05) is 0 Å². The van der Waals surface area contributed by atoms with E-state index in [0.29, 0.717) is 6.04 Å². The van der Waals surface area contributed by atoms with Crippen molar-refractivity contribution in [1.29, 1.82) is 0 Å². The average molecular weight is 250 g/mol. The van der Waals surface area contributed by atoms with Crippen LogP contribution >= 0.6 is 0 Å². The van der Waals surface area contributed by atoms with E-state index < -0.39 is 0 Å². The van der Waals surface area contributed by atoms with Crippen molar-refractivity contribution in [2.75, 3.05) is 19.6 Å². The van der Waals surface area contributed by atoms with Crippen LogP contribution in [0.3, 0.4) is 0 Å². The van der Waals surface area contributed by atoms with Gasteiger partial charge in [0.25, 0.3) is 0 Å². The van der Waals surface area contributed by atoms with Crippen molar-refractivity contribution in [2.45, 2.75) is 63.8 Å². The van der Waals surface area contributed by atoms with Crippen molar-refractivity contribution < 1.29 is 0 Å². The molecule has 3 atom stereocenters. The summed E-state index contributed by atoms with van der Waals surface area (Å²) in [5, 5.41) is 0. The van der Waals surface area contributed by atoms with Crippen molar-refractivity contribution in [1.82, 2.24) is 4.90 Å². The van der Waals surface area contributed by atoms with Gasteiger partial charge in [-0.15, -0.1) is 0 Å². The molecule has 0 aromatic carbocycles. The molecule has 2 aliphatic carbocycles. The number of nitrogens with two attached hydrogens (primary N) is 1. The molecule has 0 amide bonds. The van der Waals surface area contributed by atoms with Crippen LogP contribution in [-0.4, -0.2) is 30.6 Å². The zero-order valence-electron chi connectivity index (χ0n) is 11.8. The predicted octanol–water partition coefficient (Wildman–Crippen LogP) is 3.02. The number of rotatable bonds is 4. The molecule has 104 valence electrons. The number of likely N-dealkylation sites (tertiary alicyclic amines) is 1. The summed E-state index contributed by atoms with van der Waals surface area (Å²) in [7, 11) is 0. The van der Waals surface area contributed by atoms with E-state index in [9.17, 15) is 0 Å². The van der Waals surface area contributed by atoms with E-state index >= 15 is 0 Å². The van der Waals surface area contributed by atoms with Gasteiger partial charge in [0.15, 0.2) is 0 Å². The summed E-state index contributed by atoms with van der Waals surface area (Å²) in [6.07, 6.45) is 13.2. The summed E-state index contributed by atoms with van der Waals surface area (Å²) < 4.78 is 0. The lowest BCUT2D eigenvalue weighted by Gasteiger charge is -2.32. The van der Waals surface area contributed by atoms with E-state index in [1.165, 1.54) is 70.9 Å². The number of nitrogens with zero attached hydrogens (tertiary/aromatic N) is 1. The van der Waals surface area contributed by atoms with Crippen LogP contribution in [0.15, 0.2) is 0 Å². The number of fused-ring (bicyclic) bond motifs is 1.